The van der Waals surface area contributed by atoms with Gasteiger partial charge in [-0.15, -0.1) is 0 Å². The summed E-state index contributed by atoms with van der Waals surface area (Å²) in [6.07, 6.45) is 5.03. The molecule has 0 radical (unpaired) electrons. The number of aromatic amines is 1. The molecule has 2 aliphatic rings. The average Bonchev–Trinajstić information content (AvgIpc) is 3.55. The van der Waals surface area contributed by atoms with Gasteiger partial charge in [-0.1, -0.05) is 48.5 Å². The largest absolute Gasteiger partial charge is 0.483 e. The molecule has 1 saturated carbocycles. The number of hydrogen-bond acceptors (Lipinski definition) is 4. The second kappa shape index (κ2) is 8.92. The van der Waals surface area contributed by atoms with Crippen LogP contribution in [-0.4, -0.2) is 45.7 Å². The van der Waals surface area contributed by atoms with Crippen LogP contribution in [0, 0.1) is 0 Å². The number of hydrogen-bond donors (Lipinski definition) is 1. The van der Waals surface area contributed by atoms with Crippen LogP contribution >= 0.6 is 0 Å². The number of carbonyl (C=O) groups excluding carboxylic acids is 1. The summed E-state index contributed by atoms with van der Waals surface area (Å²) in [6.45, 7) is 1.54. The van der Waals surface area contributed by atoms with E-state index in [0.29, 0.717) is 11.8 Å². The number of amides is 1. The highest BCUT2D eigenvalue weighted by Crippen LogP contribution is 2.38. The molecule has 1 N–H and O–H groups in total. The Morgan fingerprint density at radius 1 is 0.968 bits per heavy atom. The van der Waals surface area contributed by atoms with E-state index in [2.05, 4.69) is 28.4 Å². The van der Waals surface area contributed by atoms with Crippen LogP contribution in [-0.2, 0) is 11.2 Å². The minimum atomic E-state index is 0.0456. The molecule has 1 aliphatic heterocycles. The van der Waals surface area contributed by atoms with Crippen LogP contribution in [0.2, 0.25) is 0 Å². The van der Waals surface area contributed by atoms with E-state index in [9.17, 15) is 4.79 Å². The van der Waals surface area contributed by atoms with Crippen molar-refractivity contribution in [2.45, 2.75) is 43.9 Å². The summed E-state index contributed by atoms with van der Waals surface area (Å²) in [5.74, 6) is 3.70. The van der Waals surface area contributed by atoms with E-state index in [1.165, 1.54) is 18.4 Å². The lowest BCUT2D eigenvalue weighted by Gasteiger charge is -2.31. The molecule has 1 saturated heterocycles. The highest BCUT2D eigenvalue weighted by atomic mass is 16.5. The molecule has 1 amide bonds. The van der Waals surface area contributed by atoms with Crippen LogP contribution in [0.4, 0.5) is 0 Å². The number of likely N-dealkylation sites (tertiary alicyclic amines) is 1. The van der Waals surface area contributed by atoms with Crippen molar-refractivity contribution in [1.29, 1.82) is 0 Å². The molecule has 6 heteroatoms. The number of piperidine rings is 1. The molecule has 5 rings (SSSR count). The molecule has 0 spiro atoms. The lowest BCUT2D eigenvalue weighted by Crippen LogP contribution is -2.40. The van der Waals surface area contributed by atoms with E-state index in [0.717, 1.165) is 55.3 Å². The first-order valence-electron chi connectivity index (χ1n) is 11.2. The number of H-pyrrole nitrogens is 1. The van der Waals surface area contributed by atoms with Gasteiger partial charge in [0.2, 0.25) is 0 Å². The van der Waals surface area contributed by atoms with Crippen molar-refractivity contribution >= 4 is 5.91 Å². The number of nitrogens with one attached hydrogen (secondary N) is 1. The number of carbonyl (C=O) groups is 1. The van der Waals surface area contributed by atoms with Crippen LogP contribution in [0.3, 0.4) is 0 Å². The Balaban J connectivity index is 1.14. The SMILES string of the molecule is O=C(COc1ccccc1Cc1ccccc1)N1CCC(c2nc(C3CC3)n[nH]2)CC1. The fourth-order valence-electron chi connectivity index (χ4n) is 4.23. The standard InChI is InChI=1S/C25H28N4O2/c30-23(17-31-22-9-5-4-8-21(22)16-18-6-2-1-3-7-18)29-14-12-20(13-15-29)25-26-24(27-28-25)19-10-11-19/h1-9,19-20H,10-17H2,(H,26,27,28). The molecule has 1 aliphatic carbocycles. The van der Waals surface area contributed by atoms with Gasteiger partial charge in [-0.25, -0.2) is 4.98 Å². The van der Waals surface area contributed by atoms with Gasteiger partial charge in [0.05, 0.1) is 0 Å². The fourth-order valence-corrected chi connectivity index (χ4v) is 4.23. The van der Waals surface area contributed by atoms with E-state index in [-0.39, 0.29) is 12.5 Å². The topological polar surface area (TPSA) is 71.1 Å². The Labute approximate surface area is 182 Å². The third-order valence-corrected chi connectivity index (χ3v) is 6.26. The van der Waals surface area contributed by atoms with Crippen molar-refractivity contribution in [1.82, 2.24) is 20.1 Å². The molecule has 0 atom stereocenters. The summed E-state index contributed by atoms with van der Waals surface area (Å²) in [5, 5.41) is 7.50. The predicted molar refractivity (Wildman–Crippen MR) is 118 cm³/mol. The summed E-state index contributed by atoms with van der Waals surface area (Å²) < 4.78 is 5.95. The fraction of sp³-hybridized carbons (Fsp3) is 0.400. The first-order chi connectivity index (χ1) is 15.3. The summed E-state index contributed by atoms with van der Waals surface area (Å²) >= 11 is 0. The maximum absolute atomic E-state index is 12.8. The molecular formula is C25H28N4O2. The lowest BCUT2D eigenvalue weighted by molar-refractivity contribution is -0.134. The normalized spacial score (nSPS) is 17.0. The van der Waals surface area contributed by atoms with Crippen LogP contribution < -0.4 is 4.74 Å². The Morgan fingerprint density at radius 2 is 1.71 bits per heavy atom. The van der Waals surface area contributed by atoms with Crippen molar-refractivity contribution < 1.29 is 9.53 Å². The molecule has 160 valence electrons. The van der Waals surface area contributed by atoms with E-state index in [1.54, 1.807) is 0 Å². The van der Waals surface area contributed by atoms with Crippen molar-refractivity contribution in [2.75, 3.05) is 19.7 Å². The number of rotatable bonds is 7. The summed E-state index contributed by atoms with van der Waals surface area (Å²) in [6, 6.07) is 18.3. The number of ether oxygens (including phenoxy) is 1. The molecule has 2 aromatic carbocycles. The third-order valence-electron chi connectivity index (χ3n) is 6.26. The Kier molecular flexibility index (Phi) is 5.69. The van der Waals surface area contributed by atoms with E-state index in [1.807, 2.05) is 41.3 Å². The number of para-hydroxylation sites is 1. The first kappa shape index (κ1) is 19.8. The number of benzene rings is 2. The Bertz CT molecular complexity index is 1020. The van der Waals surface area contributed by atoms with Gasteiger partial charge in [0.1, 0.15) is 11.6 Å². The molecule has 31 heavy (non-hydrogen) atoms. The minimum absolute atomic E-state index is 0.0456. The van der Waals surface area contributed by atoms with Crippen molar-refractivity contribution in [2.24, 2.45) is 0 Å². The zero-order valence-corrected chi connectivity index (χ0v) is 17.7. The highest BCUT2D eigenvalue weighted by molar-refractivity contribution is 5.78. The maximum Gasteiger partial charge on any atom is 0.260 e. The minimum Gasteiger partial charge on any atom is -0.483 e. The van der Waals surface area contributed by atoms with Gasteiger partial charge in [-0.05, 0) is 42.9 Å². The summed E-state index contributed by atoms with van der Waals surface area (Å²) in [7, 11) is 0. The molecular weight excluding hydrogens is 388 g/mol. The van der Waals surface area contributed by atoms with Gasteiger partial charge in [-0.2, -0.15) is 5.10 Å². The second-order valence-electron chi connectivity index (χ2n) is 8.57. The zero-order valence-electron chi connectivity index (χ0n) is 17.7. The van der Waals surface area contributed by atoms with Crippen molar-refractivity contribution in [3.8, 4) is 5.75 Å². The van der Waals surface area contributed by atoms with Gasteiger partial charge in [0.25, 0.3) is 5.91 Å². The zero-order chi connectivity index (χ0) is 21.0. The average molecular weight is 417 g/mol. The Morgan fingerprint density at radius 3 is 2.48 bits per heavy atom. The molecule has 1 aromatic heterocycles. The van der Waals surface area contributed by atoms with Crippen LogP contribution in [0.15, 0.2) is 54.6 Å². The van der Waals surface area contributed by atoms with Gasteiger partial charge in [0.15, 0.2) is 12.4 Å². The van der Waals surface area contributed by atoms with Crippen molar-refractivity contribution in [3.05, 3.63) is 77.4 Å². The van der Waals surface area contributed by atoms with Crippen LogP contribution in [0.1, 0.15) is 60.3 Å². The smallest absolute Gasteiger partial charge is 0.260 e. The summed E-state index contributed by atoms with van der Waals surface area (Å²) in [4.78, 5) is 19.4. The van der Waals surface area contributed by atoms with E-state index < -0.39 is 0 Å². The molecule has 2 heterocycles. The first-order valence-corrected chi connectivity index (χ1v) is 11.2. The summed E-state index contributed by atoms with van der Waals surface area (Å²) in [5.41, 5.74) is 2.32. The van der Waals surface area contributed by atoms with Gasteiger partial charge in [-0.3, -0.25) is 9.89 Å². The van der Waals surface area contributed by atoms with E-state index >= 15 is 0 Å². The number of aromatic nitrogens is 3. The monoisotopic (exact) mass is 416 g/mol. The van der Waals surface area contributed by atoms with E-state index in [4.69, 9.17) is 9.72 Å². The van der Waals surface area contributed by atoms with Crippen molar-refractivity contribution in [3.63, 3.8) is 0 Å². The molecule has 0 bridgehead atoms. The quantitative estimate of drug-likeness (QED) is 0.631. The molecule has 6 nitrogen and oxygen atoms in total. The Hall–Kier alpha value is -3.15. The van der Waals surface area contributed by atoms with Crippen LogP contribution in [0.25, 0.3) is 0 Å². The predicted octanol–water partition coefficient (Wildman–Crippen LogP) is 4.06. The van der Waals surface area contributed by atoms with Gasteiger partial charge in [0, 0.05) is 31.3 Å². The third kappa shape index (κ3) is 4.79. The molecule has 2 fully saturated rings. The maximum atomic E-state index is 12.8. The van der Waals surface area contributed by atoms with Gasteiger partial charge < -0.3 is 9.64 Å². The lowest BCUT2D eigenvalue weighted by atomic mass is 9.96. The second-order valence-corrected chi connectivity index (χ2v) is 8.57. The van der Waals surface area contributed by atoms with Crippen LogP contribution in [0.5, 0.6) is 5.75 Å². The van der Waals surface area contributed by atoms with Gasteiger partial charge >= 0.3 is 0 Å². The highest BCUT2D eigenvalue weighted by Gasteiger charge is 2.30. The number of nitrogens with zero attached hydrogens (tertiary/aromatic N) is 3. The molecule has 0 unspecified atom stereocenters. The molecule has 3 aromatic rings.